The zero-order valence-electron chi connectivity index (χ0n) is 13.4. The van der Waals surface area contributed by atoms with Gasteiger partial charge in [0.25, 0.3) is 0 Å². The van der Waals surface area contributed by atoms with Gasteiger partial charge < -0.3 is 9.15 Å². The Balaban J connectivity index is 1.43. The third kappa shape index (κ3) is 3.38. The van der Waals surface area contributed by atoms with Gasteiger partial charge in [-0.2, -0.15) is 0 Å². The van der Waals surface area contributed by atoms with Crippen LogP contribution >= 0.6 is 11.3 Å². The molecular formula is C17H18N4O2S. The Morgan fingerprint density at radius 1 is 1.25 bits per heavy atom. The minimum Gasteiger partial charge on any atom is -0.419 e. The van der Waals surface area contributed by atoms with Crippen molar-refractivity contribution in [1.29, 1.82) is 0 Å². The van der Waals surface area contributed by atoms with Gasteiger partial charge >= 0.3 is 0 Å². The van der Waals surface area contributed by atoms with Crippen molar-refractivity contribution in [1.82, 2.24) is 20.1 Å². The molecule has 24 heavy (non-hydrogen) atoms. The molecule has 3 heterocycles. The lowest BCUT2D eigenvalue weighted by Gasteiger charge is -2.30. The van der Waals surface area contributed by atoms with Gasteiger partial charge in [0.05, 0.1) is 13.2 Å². The molecular weight excluding hydrogens is 324 g/mol. The van der Waals surface area contributed by atoms with Crippen LogP contribution in [0, 0.1) is 6.92 Å². The third-order valence-electron chi connectivity index (χ3n) is 4.00. The Kier molecular flexibility index (Phi) is 4.38. The van der Waals surface area contributed by atoms with E-state index >= 15 is 0 Å². The lowest BCUT2D eigenvalue weighted by molar-refractivity contribution is -0.0352. The van der Waals surface area contributed by atoms with Gasteiger partial charge in [0.2, 0.25) is 11.8 Å². The molecule has 4 rings (SSSR count). The van der Waals surface area contributed by atoms with Crippen molar-refractivity contribution in [3.8, 4) is 11.5 Å². The largest absolute Gasteiger partial charge is 0.419 e. The predicted octanol–water partition coefficient (Wildman–Crippen LogP) is 3.08. The van der Waals surface area contributed by atoms with Crippen LogP contribution in [0.3, 0.4) is 0 Å². The molecule has 0 unspecified atom stereocenters. The number of hydrogen-bond acceptors (Lipinski definition) is 7. The van der Waals surface area contributed by atoms with E-state index in [0.29, 0.717) is 24.9 Å². The Morgan fingerprint density at radius 2 is 2.12 bits per heavy atom. The zero-order valence-corrected chi connectivity index (χ0v) is 14.2. The Hall–Kier alpha value is -2.09. The number of aromatic nitrogens is 3. The molecule has 2 aromatic heterocycles. The monoisotopic (exact) mass is 342 g/mol. The van der Waals surface area contributed by atoms with Crippen LogP contribution in [0.1, 0.15) is 22.6 Å². The predicted molar refractivity (Wildman–Crippen MR) is 90.6 cm³/mol. The first-order chi connectivity index (χ1) is 11.8. The molecule has 1 atom stereocenters. The van der Waals surface area contributed by atoms with Crippen LogP contribution in [0.2, 0.25) is 0 Å². The Bertz CT molecular complexity index is 785. The number of nitrogens with zero attached hydrogens (tertiary/aromatic N) is 4. The van der Waals surface area contributed by atoms with Crippen LogP contribution in [-0.4, -0.2) is 39.8 Å². The molecule has 1 aliphatic rings. The van der Waals surface area contributed by atoms with Gasteiger partial charge in [0.1, 0.15) is 11.1 Å². The van der Waals surface area contributed by atoms with Gasteiger partial charge in [-0.3, -0.25) is 4.90 Å². The summed E-state index contributed by atoms with van der Waals surface area (Å²) < 4.78 is 11.6. The second-order valence-electron chi connectivity index (χ2n) is 5.83. The lowest BCUT2D eigenvalue weighted by atomic mass is 10.1. The van der Waals surface area contributed by atoms with Crippen molar-refractivity contribution < 1.29 is 9.15 Å². The molecule has 0 aliphatic carbocycles. The van der Waals surface area contributed by atoms with Gasteiger partial charge in [0, 0.05) is 30.2 Å². The molecule has 0 radical (unpaired) electrons. The van der Waals surface area contributed by atoms with E-state index in [2.05, 4.69) is 27.0 Å². The summed E-state index contributed by atoms with van der Waals surface area (Å²) in [7, 11) is 0. The fourth-order valence-corrected chi connectivity index (χ4v) is 3.39. The fourth-order valence-electron chi connectivity index (χ4n) is 2.71. The summed E-state index contributed by atoms with van der Waals surface area (Å²) in [5.41, 5.74) is 2.15. The molecule has 1 aromatic carbocycles. The van der Waals surface area contributed by atoms with Gasteiger partial charge in [-0.05, 0) is 19.1 Å². The first kappa shape index (κ1) is 15.4. The molecule has 1 saturated heterocycles. The van der Waals surface area contributed by atoms with Crippen molar-refractivity contribution >= 4 is 11.3 Å². The number of benzene rings is 1. The van der Waals surface area contributed by atoms with Crippen LogP contribution in [-0.2, 0) is 11.3 Å². The van der Waals surface area contributed by atoms with Crippen LogP contribution in [0.25, 0.3) is 11.5 Å². The molecule has 6 nitrogen and oxygen atoms in total. The summed E-state index contributed by atoms with van der Waals surface area (Å²) in [5, 5.41) is 11.3. The summed E-state index contributed by atoms with van der Waals surface area (Å²) >= 11 is 1.63. The van der Waals surface area contributed by atoms with Crippen LogP contribution < -0.4 is 0 Å². The van der Waals surface area contributed by atoms with E-state index in [1.807, 2.05) is 35.8 Å². The molecule has 0 bridgehead atoms. The number of aryl methyl sites for hydroxylation is 1. The maximum absolute atomic E-state index is 5.82. The third-order valence-corrected chi connectivity index (χ3v) is 4.87. The van der Waals surface area contributed by atoms with Gasteiger partial charge in [-0.25, -0.2) is 4.98 Å². The molecule has 0 spiro atoms. The molecule has 0 amide bonds. The molecule has 0 saturated carbocycles. The molecule has 7 heteroatoms. The van der Waals surface area contributed by atoms with E-state index in [1.54, 1.807) is 11.3 Å². The van der Waals surface area contributed by atoms with Crippen molar-refractivity contribution in [2.24, 2.45) is 0 Å². The zero-order chi connectivity index (χ0) is 16.4. The van der Waals surface area contributed by atoms with Crippen molar-refractivity contribution in [3.05, 3.63) is 52.3 Å². The van der Waals surface area contributed by atoms with Crippen LogP contribution in [0.15, 0.2) is 40.3 Å². The number of thiazole rings is 1. The second kappa shape index (κ2) is 6.80. The van der Waals surface area contributed by atoms with Crippen molar-refractivity contribution in [2.75, 3.05) is 19.7 Å². The number of rotatable bonds is 4. The first-order valence-electron chi connectivity index (χ1n) is 7.91. The van der Waals surface area contributed by atoms with E-state index in [4.69, 9.17) is 9.15 Å². The average Bonchev–Trinajstić information content (AvgIpc) is 3.28. The highest BCUT2D eigenvalue weighted by atomic mass is 32.1. The van der Waals surface area contributed by atoms with E-state index < -0.39 is 0 Å². The number of morpholine rings is 1. The first-order valence-corrected chi connectivity index (χ1v) is 8.78. The van der Waals surface area contributed by atoms with E-state index in [-0.39, 0.29) is 6.10 Å². The van der Waals surface area contributed by atoms with Gasteiger partial charge in [-0.15, -0.1) is 21.5 Å². The maximum atomic E-state index is 5.82. The minimum absolute atomic E-state index is 0.0261. The summed E-state index contributed by atoms with van der Waals surface area (Å²) in [4.78, 5) is 6.61. The highest BCUT2D eigenvalue weighted by molar-refractivity contribution is 7.09. The summed E-state index contributed by atoms with van der Waals surface area (Å²) in [6.07, 6.45) is 1.84. The molecule has 1 aliphatic heterocycles. The SMILES string of the molecule is Cc1ccc(-c2nnc(CN3CCO[C@H](c4nccs4)C3)o2)cc1. The van der Waals surface area contributed by atoms with Crippen LogP contribution in [0.5, 0.6) is 0 Å². The molecule has 124 valence electrons. The maximum Gasteiger partial charge on any atom is 0.247 e. The number of hydrogen-bond donors (Lipinski definition) is 0. The molecule has 0 N–H and O–H groups in total. The summed E-state index contributed by atoms with van der Waals surface area (Å²) in [5.74, 6) is 1.19. The van der Waals surface area contributed by atoms with E-state index in [9.17, 15) is 0 Å². The van der Waals surface area contributed by atoms with Crippen LogP contribution in [0.4, 0.5) is 0 Å². The van der Waals surface area contributed by atoms with E-state index in [1.165, 1.54) is 5.56 Å². The summed E-state index contributed by atoms with van der Waals surface area (Å²) in [6, 6.07) is 8.08. The van der Waals surface area contributed by atoms with Gasteiger partial charge in [-0.1, -0.05) is 17.7 Å². The standard InChI is InChI=1S/C17H18N4O2S/c1-12-2-4-13(5-3-12)16-20-19-15(23-16)11-21-7-8-22-14(10-21)17-18-6-9-24-17/h2-6,9,14H,7-8,10-11H2,1H3/t14-/m0/s1. The van der Waals surface area contributed by atoms with Gasteiger partial charge in [0.15, 0.2) is 0 Å². The molecule has 1 fully saturated rings. The quantitative estimate of drug-likeness (QED) is 0.726. The Morgan fingerprint density at radius 3 is 2.92 bits per heavy atom. The van der Waals surface area contributed by atoms with E-state index in [0.717, 1.165) is 23.7 Å². The minimum atomic E-state index is 0.0261. The average molecular weight is 342 g/mol. The highest BCUT2D eigenvalue weighted by Crippen LogP contribution is 2.25. The second-order valence-corrected chi connectivity index (χ2v) is 6.76. The fraction of sp³-hybridized carbons (Fsp3) is 0.353. The highest BCUT2D eigenvalue weighted by Gasteiger charge is 2.25. The van der Waals surface area contributed by atoms with Crippen molar-refractivity contribution in [3.63, 3.8) is 0 Å². The lowest BCUT2D eigenvalue weighted by Crippen LogP contribution is -2.37. The summed E-state index contributed by atoms with van der Waals surface area (Å²) in [6.45, 7) is 5.01. The molecule has 3 aromatic rings. The smallest absolute Gasteiger partial charge is 0.247 e. The topological polar surface area (TPSA) is 64.3 Å². The van der Waals surface area contributed by atoms with Crippen molar-refractivity contribution in [2.45, 2.75) is 19.6 Å². The Labute approximate surface area is 144 Å². The number of ether oxygens (including phenoxy) is 1. The normalized spacial score (nSPS) is 18.8.